The molecule has 0 aromatic heterocycles. The quantitative estimate of drug-likeness (QED) is 0.556. The molecule has 0 aliphatic heterocycles. The van der Waals surface area contributed by atoms with E-state index in [0.29, 0.717) is 49.6 Å². The molecule has 1 aliphatic rings. The van der Waals surface area contributed by atoms with Crippen molar-refractivity contribution >= 4 is 21.6 Å². The summed E-state index contributed by atoms with van der Waals surface area (Å²) < 4.78 is 33.0. The van der Waals surface area contributed by atoms with E-state index in [0.717, 1.165) is 19.4 Å². The van der Waals surface area contributed by atoms with E-state index in [1.54, 1.807) is 26.0 Å². The number of rotatable bonds is 12. The summed E-state index contributed by atoms with van der Waals surface area (Å²) in [5, 5.41) is 2.87. The van der Waals surface area contributed by atoms with Crippen molar-refractivity contribution < 1.29 is 17.9 Å². The maximum Gasteiger partial charge on any atom is 0.246 e. The summed E-state index contributed by atoms with van der Waals surface area (Å²) in [5.41, 5.74) is 0.462. The SMILES string of the molecule is CCOc1ccc(NC(=O)CN(CC(C)C)C2CC2)cc1S(=O)(=O)N(CC)CC. The predicted octanol–water partition coefficient (Wildman–Crippen LogP) is 3.17. The van der Waals surface area contributed by atoms with Crippen LogP contribution in [0, 0.1) is 5.92 Å². The summed E-state index contributed by atoms with van der Waals surface area (Å²) >= 11 is 0. The lowest BCUT2D eigenvalue weighted by Crippen LogP contribution is -2.37. The Kier molecular flexibility index (Phi) is 8.48. The third-order valence-corrected chi connectivity index (χ3v) is 6.93. The van der Waals surface area contributed by atoms with Crippen molar-refractivity contribution in [3.63, 3.8) is 0 Å². The molecule has 1 amide bonds. The number of ether oxygens (including phenoxy) is 1. The number of carbonyl (C=O) groups excluding carboxylic acids is 1. The third kappa shape index (κ3) is 6.42. The Morgan fingerprint density at radius 2 is 1.86 bits per heavy atom. The molecule has 0 radical (unpaired) electrons. The van der Waals surface area contributed by atoms with E-state index in [9.17, 15) is 13.2 Å². The van der Waals surface area contributed by atoms with Crippen LogP contribution in [-0.2, 0) is 14.8 Å². The summed E-state index contributed by atoms with van der Waals surface area (Å²) in [6.07, 6.45) is 2.27. The molecule has 8 heteroatoms. The summed E-state index contributed by atoms with van der Waals surface area (Å²) in [6, 6.07) is 5.29. The van der Waals surface area contributed by atoms with Crippen LogP contribution in [-0.4, -0.2) is 62.4 Å². The van der Waals surface area contributed by atoms with Gasteiger partial charge in [-0.1, -0.05) is 27.7 Å². The topological polar surface area (TPSA) is 79.0 Å². The van der Waals surface area contributed by atoms with Gasteiger partial charge >= 0.3 is 0 Å². The van der Waals surface area contributed by atoms with Gasteiger partial charge in [0.25, 0.3) is 0 Å². The number of nitrogens with one attached hydrogen (secondary N) is 1. The van der Waals surface area contributed by atoms with Crippen LogP contribution in [0.3, 0.4) is 0 Å². The lowest BCUT2D eigenvalue weighted by Gasteiger charge is -2.24. The lowest BCUT2D eigenvalue weighted by atomic mass is 10.2. The predicted molar refractivity (Wildman–Crippen MR) is 116 cm³/mol. The minimum absolute atomic E-state index is 0.0853. The molecule has 2 rings (SSSR count). The van der Waals surface area contributed by atoms with Crippen LogP contribution in [0.1, 0.15) is 47.5 Å². The highest BCUT2D eigenvalue weighted by Gasteiger charge is 2.31. The first kappa shape index (κ1) is 23.6. The number of sulfonamides is 1. The molecular formula is C21H35N3O4S. The fourth-order valence-corrected chi connectivity index (χ4v) is 5.02. The van der Waals surface area contributed by atoms with E-state index in [1.807, 2.05) is 6.92 Å². The largest absolute Gasteiger partial charge is 0.492 e. The molecule has 1 aliphatic carbocycles. The van der Waals surface area contributed by atoms with Crippen molar-refractivity contribution in [1.82, 2.24) is 9.21 Å². The van der Waals surface area contributed by atoms with Crippen molar-refractivity contribution in [2.45, 2.75) is 58.4 Å². The molecule has 1 N–H and O–H groups in total. The zero-order valence-electron chi connectivity index (χ0n) is 18.3. The van der Waals surface area contributed by atoms with Crippen molar-refractivity contribution in [1.29, 1.82) is 0 Å². The first-order valence-electron chi connectivity index (χ1n) is 10.5. The van der Waals surface area contributed by atoms with E-state index in [2.05, 4.69) is 24.1 Å². The first-order valence-corrected chi connectivity index (χ1v) is 12.0. The second-order valence-electron chi connectivity index (χ2n) is 7.79. The van der Waals surface area contributed by atoms with Gasteiger partial charge in [0.05, 0.1) is 13.2 Å². The van der Waals surface area contributed by atoms with Crippen LogP contribution >= 0.6 is 0 Å². The molecular weight excluding hydrogens is 390 g/mol. The first-order chi connectivity index (χ1) is 13.7. The normalized spacial score (nSPS) is 14.6. The molecule has 0 spiro atoms. The van der Waals surface area contributed by atoms with Crippen molar-refractivity contribution in [3.8, 4) is 5.75 Å². The molecule has 0 atom stereocenters. The van der Waals surface area contributed by atoms with Crippen LogP contribution in [0.2, 0.25) is 0 Å². The van der Waals surface area contributed by atoms with Gasteiger partial charge in [-0.25, -0.2) is 8.42 Å². The van der Waals surface area contributed by atoms with E-state index < -0.39 is 10.0 Å². The minimum atomic E-state index is -3.71. The highest BCUT2D eigenvalue weighted by Crippen LogP contribution is 2.30. The van der Waals surface area contributed by atoms with Gasteiger partial charge in [0.1, 0.15) is 10.6 Å². The Bertz CT molecular complexity index is 787. The number of nitrogens with zero attached hydrogens (tertiary/aromatic N) is 2. The number of amides is 1. The highest BCUT2D eigenvalue weighted by atomic mass is 32.2. The molecule has 7 nitrogen and oxygen atoms in total. The molecule has 0 bridgehead atoms. The average Bonchev–Trinajstić information content (AvgIpc) is 3.48. The van der Waals surface area contributed by atoms with Crippen molar-refractivity contribution in [2.24, 2.45) is 5.92 Å². The molecule has 29 heavy (non-hydrogen) atoms. The molecule has 1 saturated carbocycles. The average molecular weight is 426 g/mol. The Balaban J connectivity index is 2.22. The molecule has 1 aromatic rings. The molecule has 0 unspecified atom stereocenters. The van der Waals surface area contributed by atoms with Crippen LogP contribution in [0.5, 0.6) is 5.75 Å². The van der Waals surface area contributed by atoms with Gasteiger partial charge in [-0.2, -0.15) is 4.31 Å². The number of anilines is 1. The number of carbonyl (C=O) groups is 1. The van der Waals surface area contributed by atoms with Crippen LogP contribution in [0.15, 0.2) is 23.1 Å². The summed E-state index contributed by atoms with van der Waals surface area (Å²) in [6.45, 7) is 12.0. The summed E-state index contributed by atoms with van der Waals surface area (Å²) in [4.78, 5) is 14.9. The molecule has 1 fully saturated rings. The maximum atomic E-state index is 13.0. The highest BCUT2D eigenvalue weighted by molar-refractivity contribution is 7.89. The second kappa shape index (κ2) is 10.4. The smallest absolute Gasteiger partial charge is 0.246 e. The van der Waals surface area contributed by atoms with Gasteiger partial charge in [0.15, 0.2) is 0 Å². The van der Waals surface area contributed by atoms with Gasteiger partial charge in [-0.3, -0.25) is 9.69 Å². The molecule has 164 valence electrons. The molecule has 0 heterocycles. The molecule has 0 saturated heterocycles. The van der Waals surface area contributed by atoms with Gasteiger partial charge in [-0.15, -0.1) is 0 Å². The fourth-order valence-electron chi connectivity index (χ4n) is 3.40. The third-order valence-electron chi connectivity index (χ3n) is 4.86. The standard InChI is InChI=1S/C21H35N3O4S/c1-6-24(7-2)29(26,27)20-13-17(9-12-19(20)28-8-3)22-21(25)15-23(14-16(4)5)18-10-11-18/h9,12-13,16,18H,6-8,10-11,14-15H2,1-5H3,(H,22,25). The van der Waals surface area contributed by atoms with Gasteiger partial charge < -0.3 is 10.1 Å². The number of hydrogen-bond donors (Lipinski definition) is 1. The Morgan fingerprint density at radius 3 is 2.38 bits per heavy atom. The fraction of sp³-hybridized carbons (Fsp3) is 0.667. The number of benzene rings is 1. The Morgan fingerprint density at radius 1 is 1.21 bits per heavy atom. The van der Waals surface area contributed by atoms with E-state index in [1.165, 1.54) is 10.4 Å². The van der Waals surface area contributed by atoms with E-state index >= 15 is 0 Å². The van der Waals surface area contributed by atoms with Crippen LogP contribution in [0.4, 0.5) is 5.69 Å². The van der Waals surface area contributed by atoms with Gasteiger partial charge in [0, 0.05) is 31.4 Å². The summed E-state index contributed by atoms with van der Waals surface area (Å²) in [5.74, 6) is 0.657. The van der Waals surface area contributed by atoms with Crippen LogP contribution < -0.4 is 10.1 Å². The maximum absolute atomic E-state index is 13.0. The van der Waals surface area contributed by atoms with Gasteiger partial charge in [-0.05, 0) is 43.9 Å². The Hall–Kier alpha value is -1.64. The zero-order chi connectivity index (χ0) is 21.6. The summed E-state index contributed by atoms with van der Waals surface area (Å²) in [7, 11) is -3.71. The Labute approximate surface area is 175 Å². The van der Waals surface area contributed by atoms with Crippen molar-refractivity contribution in [3.05, 3.63) is 18.2 Å². The van der Waals surface area contributed by atoms with Gasteiger partial charge in [0.2, 0.25) is 15.9 Å². The van der Waals surface area contributed by atoms with E-state index in [-0.39, 0.29) is 10.8 Å². The monoisotopic (exact) mass is 425 g/mol. The zero-order valence-corrected chi connectivity index (χ0v) is 19.1. The molecule has 1 aromatic carbocycles. The van der Waals surface area contributed by atoms with Crippen LogP contribution in [0.25, 0.3) is 0 Å². The lowest BCUT2D eigenvalue weighted by molar-refractivity contribution is -0.117. The number of hydrogen-bond acceptors (Lipinski definition) is 5. The van der Waals surface area contributed by atoms with Crippen molar-refractivity contribution in [2.75, 3.05) is 38.1 Å². The second-order valence-corrected chi connectivity index (χ2v) is 9.69. The minimum Gasteiger partial charge on any atom is -0.492 e. The van der Waals surface area contributed by atoms with E-state index in [4.69, 9.17) is 4.74 Å².